The minimum Gasteiger partial charge on any atom is -0.373 e. The van der Waals surface area contributed by atoms with E-state index in [9.17, 15) is 4.79 Å². The minimum atomic E-state index is -0.120. The van der Waals surface area contributed by atoms with Crippen molar-refractivity contribution in [3.8, 4) is 0 Å². The molecule has 1 aromatic heterocycles. The van der Waals surface area contributed by atoms with Crippen LogP contribution in [0.4, 0.5) is 0 Å². The van der Waals surface area contributed by atoms with Crippen molar-refractivity contribution in [2.75, 3.05) is 7.11 Å². The molecule has 94 valence electrons. The molecule has 0 saturated heterocycles. The Hall–Kier alpha value is -1.16. The SMILES string of the molecule is COC(c1nc(C(C)(C)C)cc(=O)[nH]1)C1CC1. The van der Waals surface area contributed by atoms with Crippen LogP contribution in [0.5, 0.6) is 0 Å². The Balaban J connectivity index is 2.40. The highest BCUT2D eigenvalue weighted by atomic mass is 16.5. The predicted molar refractivity (Wildman–Crippen MR) is 66.0 cm³/mol. The van der Waals surface area contributed by atoms with E-state index in [1.807, 2.05) is 0 Å². The van der Waals surface area contributed by atoms with Gasteiger partial charge in [-0.1, -0.05) is 20.8 Å². The van der Waals surface area contributed by atoms with Gasteiger partial charge in [-0.2, -0.15) is 0 Å². The van der Waals surface area contributed by atoms with E-state index in [0.29, 0.717) is 11.7 Å². The first-order valence-corrected chi connectivity index (χ1v) is 6.06. The lowest BCUT2D eigenvalue weighted by molar-refractivity contribution is 0.0766. The standard InChI is InChI=1S/C13H20N2O2/c1-13(2,3)9-7-10(16)15-12(14-9)11(17-4)8-5-6-8/h7-8,11H,5-6H2,1-4H3,(H,14,15,16). The van der Waals surface area contributed by atoms with Crippen LogP contribution in [0.1, 0.15) is 51.2 Å². The molecule has 1 aliphatic rings. The fourth-order valence-corrected chi connectivity index (χ4v) is 1.92. The third kappa shape index (κ3) is 2.75. The molecule has 0 aliphatic heterocycles. The topological polar surface area (TPSA) is 55.0 Å². The molecule has 0 aromatic carbocycles. The highest BCUT2D eigenvalue weighted by Gasteiger charge is 2.34. The number of nitrogens with one attached hydrogen (secondary N) is 1. The van der Waals surface area contributed by atoms with Crippen molar-refractivity contribution >= 4 is 0 Å². The summed E-state index contributed by atoms with van der Waals surface area (Å²) in [7, 11) is 1.67. The smallest absolute Gasteiger partial charge is 0.251 e. The Labute approximate surface area is 101 Å². The zero-order valence-corrected chi connectivity index (χ0v) is 10.9. The molecule has 1 aromatic rings. The van der Waals surface area contributed by atoms with Gasteiger partial charge in [-0.3, -0.25) is 4.79 Å². The number of ether oxygens (including phenoxy) is 1. The lowest BCUT2D eigenvalue weighted by atomic mass is 9.92. The lowest BCUT2D eigenvalue weighted by Gasteiger charge is -2.20. The number of rotatable bonds is 3. The number of methoxy groups -OCH3 is 1. The third-order valence-electron chi connectivity index (χ3n) is 3.10. The summed E-state index contributed by atoms with van der Waals surface area (Å²) in [6, 6.07) is 1.57. The van der Waals surface area contributed by atoms with Crippen molar-refractivity contribution in [1.29, 1.82) is 0 Å². The van der Waals surface area contributed by atoms with Crippen molar-refractivity contribution in [2.45, 2.75) is 45.1 Å². The van der Waals surface area contributed by atoms with Gasteiger partial charge in [-0.25, -0.2) is 4.98 Å². The fraction of sp³-hybridized carbons (Fsp3) is 0.692. The van der Waals surface area contributed by atoms with Gasteiger partial charge in [-0.15, -0.1) is 0 Å². The second kappa shape index (κ2) is 4.26. The van der Waals surface area contributed by atoms with Crippen LogP contribution in [0.2, 0.25) is 0 Å². The molecule has 1 saturated carbocycles. The summed E-state index contributed by atoms with van der Waals surface area (Å²) in [5, 5.41) is 0. The number of nitrogens with zero attached hydrogens (tertiary/aromatic N) is 1. The van der Waals surface area contributed by atoms with Gasteiger partial charge < -0.3 is 9.72 Å². The first-order chi connectivity index (χ1) is 7.91. The van der Waals surface area contributed by atoms with Gasteiger partial charge in [0, 0.05) is 18.6 Å². The molecule has 4 nitrogen and oxygen atoms in total. The summed E-state index contributed by atoms with van der Waals surface area (Å²) in [5.41, 5.74) is 0.603. The molecule has 1 N–H and O–H groups in total. The van der Waals surface area contributed by atoms with Crippen LogP contribution in [0.3, 0.4) is 0 Å². The Kier molecular flexibility index (Phi) is 3.08. The molecular formula is C13H20N2O2. The predicted octanol–water partition coefficient (Wildman–Crippen LogP) is 2.16. The van der Waals surface area contributed by atoms with E-state index < -0.39 is 0 Å². The number of aromatic amines is 1. The summed E-state index contributed by atoms with van der Waals surface area (Å²) in [4.78, 5) is 19.0. The molecule has 0 bridgehead atoms. The van der Waals surface area contributed by atoms with Crippen molar-refractivity contribution in [3.63, 3.8) is 0 Å². The molecule has 0 radical (unpaired) electrons. The maximum Gasteiger partial charge on any atom is 0.251 e. The van der Waals surface area contributed by atoms with E-state index in [1.165, 1.54) is 0 Å². The summed E-state index contributed by atoms with van der Waals surface area (Å²) >= 11 is 0. The molecule has 1 unspecified atom stereocenters. The van der Waals surface area contributed by atoms with Gasteiger partial charge >= 0.3 is 0 Å². The van der Waals surface area contributed by atoms with Gasteiger partial charge in [0.25, 0.3) is 5.56 Å². The summed E-state index contributed by atoms with van der Waals surface area (Å²) in [6.45, 7) is 6.16. The zero-order chi connectivity index (χ0) is 12.6. The van der Waals surface area contributed by atoms with Crippen LogP contribution in [0.25, 0.3) is 0 Å². The van der Waals surface area contributed by atoms with Crippen LogP contribution in [-0.2, 0) is 10.2 Å². The third-order valence-corrected chi connectivity index (χ3v) is 3.10. The highest BCUT2D eigenvalue weighted by Crippen LogP contribution is 2.41. The second-order valence-corrected chi connectivity index (χ2v) is 5.76. The van der Waals surface area contributed by atoms with E-state index in [0.717, 1.165) is 18.5 Å². The van der Waals surface area contributed by atoms with Crippen molar-refractivity contribution in [1.82, 2.24) is 9.97 Å². The zero-order valence-electron chi connectivity index (χ0n) is 10.9. The number of H-pyrrole nitrogens is 1. The van der Waals surface area contributed by atoms with Crippen molar-refractivity contribution in [2.24, 2.45) is 5.92 Å². The van der Waals surface area contributed by atoms with Gasteiger partial charge in [0.1, 0.15) is 11.9 Å². The van der Waals surface area contributed by atoms with Gasteiger partial charge in [0.15, 0.2) is 0 Å². The summed E-state index contributed by atoms with van der Waals surface area (Å²) in [6.07, 6.45) is 2.24. The minimum absolute atomic E-state index is 0.0648. The maximum atomic E-state index is 11.7. The van der Waals surface area contributed by atoms with E-state index in [2.05, 4.69) is 30.7 Å². The Morgan fingerprint density at radius 1 is 1.47 bits per heavy atom. The Morgan fingerprint density at radius 3 is 2.59 bits per heavy atom. The van der Waals surface area contributed by atoms with Gasteiger partial charge in [0.2, 0.25) is 0 Å². The molecule has 1 atom stereocenters. The maximum absolute atomic E-state index is 11.7. The molecule has 1 aliphatic carbocycles. The Bertz CT molecular complexity index is 455. The highest BCUT2D eigenvalue weighted by molar-refractivity contribution is 5.14. The molecule has 4 heteroatoms. The second-order valence-electron chi connectivity index (χ2n) is 5.76. The van der Waals surface area contributed by atoms with Crippen LogP contribution < -0.4 is 5.56 Å². The molecule has 0 amide bonds. The number of hydrogen-bond donors (Lipinski definition) is 1. The molecule has 1 heterocycles. The van der Waals surface area contributed by atoms with E-state index >= 15 is 0 Å². The van der Waals surface area contributed by atoms with E-state index in [1.54, 1.807) is 13.2 Å². The van der Waals surface area contributed by atoms with Crippen LogP contribution in [-0.4, -0.2) is 17.1 Å². The first-order valence-electron chi connectivity index (χ1n) is 6.06. The first kappa shape index (κ1) is 12.3. The molecule has 17 heavy (non-hydrogen) atoms. The monoisotopic (exact) mass is 236 g/mol. The largest absolute Gasteiger partial charge is 0.373 e. The quantitative estimate of drug-likeness (QED) is 0.875. The van der Waals surface area contributed by atoms with Crippen molar-refractivity contribution in [3.05, 3.63) is 27.9 Å². The molecule has 2 rings (SSSR count). The average molecular weight is 236 g/mol. The van der Waals surface area contributed by atoms with E-state index in [4.69, 9.17) is 4.74 Å². The summed E-state index contributed by atoms with van der Waals surface area (Å²) in [5.74, 6) is 1.19. The van der Waals surface area contributed by atoms with Crippen LogP contribution in [0.15, 0.2) is 10.9 Å². The normalized spacial score (nSPS) is 18.1. The number of aromatic nitrogens is 2. The average Bonchev–Trinajstić information content (AvgIpc) is 3.01. The van der Waals surface area contributed by atoms with Crippen LogP contribution >= 0.6 is 0 Å². The van der Waals surface area contributed by atoms with Gasteiger partial charge in [-0.05, 0) is 18.8 Å². The lowest BCUT2D eigenvalue weighted by Crippen LogP contribution is -2.23. The fourth-order valence-electron chi connectivity index (χ4n) is 1.92. The van der Waals surface area contributed by atoms with E-state index in [-0.39, 0.29) is 17.1 Å². The van der Waals surface area contributed by atoms with Crippen molar-refractivity contribution < 1.29 is 4.74 Å². The summed E-state index contributed by atoms with van der Waals surface area (Å²) < 4.78 is 5.45. The molecular weight excluding hydrogens is 216 g/mol. The van der Waals surface area contributed by atoms with Crippen LogP contribution in [0, 0.1) is 5.92 Å². The Morgan fingerprint density at radius 2 is 2.12 bits per heavy atom. The number of hydrogen-bond acceptors (Lipinski definition) is 3. The molecule has 1 fully saturated rings. The molecule has 0 spiro atoms. The van der Waals surface area contributed by atoms with Gasteiger partial charge in [0.05, 0.1) is 5.69 Å².